The number of amides is 1. The molecular weight excluding hydrogens is 546 g/mol. The van der Waals surface area contributed by atoms with Crippen molar-refractivity contribution in [3.63, 3.8) is 0 Å². The van der Waals surface area contributed by atoms with Gasteiger partial charge in [0.1, 0.15) is 6.54 Å². The number of sulfonamides is 2. The van der Waals surface area contributed by atoms with Crippen molar-refractivity contribution in [2.24, 2.45) is 0 Å². The van der Waals surface area contributed by atoms with E-state index >= 15 is 0 Å². The molecule has 0 aliphatic rings. The van der Waals surface area contributed by atoms with E-state index in [1.807, 2.05) is 32.9 Å². The molecule has 4 rings (SSSR count). The van der Waals surface area contributed by atoms with Crippen LogP contribution in [0.15, 0.2) is 107 Å². The van der Waals surface area contributed by atoms with Crippen molar-refractivity contribution in [3.8, 4) is 0 Å². The topological polar surface area (TPSA) is 113 Å². The minimum atomic E-state index is -4.05. The lowest BCUT2D eigenvalue weighted by Crippen LogP contribution is -2.38. The Balaban J connectivity index is 1.53. The summed E-state index contributed by atoms with van der Waals surface area (Å²) in [6, 6.07) is 26.1. The normalized spacial score (nSPS) is 11.6. The molecule has 0 bridgehead atoms. The molecule has 0 unspecified atom stereocenters. The van der Waals surface area contributed by atoms with Crippen LogP contribution in [-0.2, 0) is 31.3 Å². The highest BCUT2D eigenvalue weighted by Crippen LogP contribution is 2.25. The van der Waals surface area contributed by atoms with Gasteiger partial charge in [0.25, 0.3) is 20.0 Å². The van der Waals surface area contributed by atoms with Crippen LogP contribution in [0.3, 0.4) is 0 Å². The molecule has 0 spiro atoms. The summed E-state index contributed by atoms with van der Waals surface area (Å²) >= 11 is 0. The molecule has 0 fully saturated rings. The summed E-state index contributed by atoms with van der Waals surface area (Å²) in [7, 11) is -7.89. The van der Waals surface area contributed by atoms with Crippen LogP contribution in [0.5, 0.6) is 0 Å². The Labute approximate surface area is 235 Å². The molecule has 0 radical (unpaired) electrons. The number of anilines is 3. The van der Waals surface area contributed by atoms with Crippen molar-refractivity contribution >= 4 is 43.0 Å². The predicted molar refractivity (Wildman–Crippen MR) is 159 cm³/mol. The van der Waals surface area contributed by atoms with Gasteiger partial charge >= 0.3 is 0 Å². The first kappa shape index (κ1) is 28.8. The maximum Gasteiger partial charge on any atom is 0.264 e. The third kappa shape index (κ3) is 6.88. The number of carbonyl (C=O) groups excluding carboxylic acids is 1. The Morgan fingerprint density at radius 1 is 0.675 bits per heavy atom. The molecule has 0 saturated carbocycles. The number of rotatable bonds is 10. The Morgan fingerprint density at radius 3 is 1.73 bits per heavy atom. The number of aryl methyl sites for hydroxylation is 3. The second-order valence-corrected chi connectivity index (χ2v) is 12.9. The van der Waals surface area contributed by atoms with E-state index in [2.05, 4.69) is 10.0 Å². The van der Waals surface area contributed by atoms with E-state index in [1.165, 1.54) is 36.4 Å². The Bertz CT molecular complexity index is 1680. The van der Waals surface area contributed by atoms with Crippen LogP contribution in [0.2, 0.25) is 0 Å². The summed E-state index contributed by atoms with van der Waals surface area (Å²) in [5.74, 6) is -0.580. The highest BCUT2D eigenvalue weighted by atomic mass is 32.2. The summed E-state index contributed by atoms with van der Waals surface area (Å²) < 4.78 is 56.3. The van der Waals surface area contributed by atoms with Gasteiger partial charge < -0.3 is 5.32 Å². The fourth-order valence-electron chi connectivity index (χ4n) is 3.93. The minimum absolute atomic E-state index is 0.0191. The van der Waals surface area contributed by atoms with Gasteiger partial charge in [0.2, 0.25) is 5.91 Å². The van der Waals surface area contributed by atoms with E-state index < -0.39 is 32.5 Å². The number of nitrogens with one attached hydrogen (secondary N) is 2. The zero-order valence-electron chi connectivity index (χ0n) is 22.5. The molecule has 0 aromatic heterocycles. The van der Waals surface area contributed by atoms with E-state index in [4.69, 9.17) is 0 Å². The van der Waals surface area contributed by atoms with Crippen LogP contribution in [0.25, 0.3) is 0 Å². The summed E-state index contributed by atoms with van der Waals surface area (Å²) in [6.45, 7) is 5.29. The first-order valence-corrected chi connectivity index (χ1v) is 15.6. The van der Waals surface area contributed by atoms with Gasteiger partial charge in [-0.1, -0.05) is 54.4 Å². The van der Waals surface area contributed by atoms with E-state index in [1.54, 1.807) is 48.5 Å². The Morgan fingerprint density at radius 2 is 1.18 bits per heavy atom. The van der Waals surface area contributed by atoms with Gasteiger partial charge in [-0.3, -0.25) is 13.8 Å². The molecule has 0 heterocycles. The highest BCUT2D eigenvalue weighted by molar-refractivity contribution is 7.93. The second kappa shape index (κ2) is 11.9. The molecule has 1 amide bonds. The molecule has 4 aromatic carbocycles. The molecule has 8 nitrogen and oxygen atoms in total. The molecule has 10 heteroatoms. The standard InChI is InChI=1S/C30H31N3O5S2/c1-4-24-9-15-27(16-10-24)33(40(37,38)29-17-7-23(3)8-18-29)21-30(34)31-25-13-19-28(20-14-25)39(35,36)32-26-11-5-22(2)6-12-26/h5-20,32H,4,21H2,1-3H3,(H,31,34). The van der Waals surface area contributed by atoms with Crippen molar-refractivity contribution < 1.29 is 21.6 Å². The smallest absolute Gasteiger partial charge is 0.264 e. The van der Waals surface area contributed by atoms with Crippen molar-refractivity contribution in [2.45, 2.75) is 37.0 Å². The lowest BCUT2D eigenvalue weighted by Gasteiger charge is -2.24. The third-order valence-corrected chi connectivity index (χ3v) is 9.47. The molecule has 40 heavy (non-hydrogen) atoms. The summed E-state index contributed by atoms with van der Waals surface area (Å²) in [6.07, 6.45) is 0.789. The number of nitrogens with zero attached hydrogens (tertiary/aromatic N) is 1. The van der Waals surface area contributed by atoms with Gasteiger partial charge in [-0.15, -0.1) is 0 Å². The first-order valence-electron chi connectivity index (χ1n) is 12.7. The van der Waals surface area contributed by atoms with Crippen LogP contribution in [-0.4, -0.2) is 29.3 Å². The molecule has 0 saturated heterocycles. The SMILES string of the molecule is CCc1ccc(N(CC(=O)Nc2ccc(S(=O)(=O)Nc3ccc(C)cc3)cc2)S(=O)(=O)c2ccc(C)cc2)cc1. The number of hydrogen-bond donors (Lipinski definition) is 2. The van der Waals surface area contributed by atoms with Crippen LogP contribution >= 0.6 is 0 Å². The van der Waals surface area contributed by atoms with Crippen molar-refractivity contribution in [2.75, 3.05) is 20.9 Å². The summed E-state index contributed by atoms with van der Waals surface area (Å²) in [4.78, 5) is 13.1. The fraction of sp³-hybridized carbons (Fsp3) is 0.167. The molecule has 0 aliphatic heterocycles. The van der Waals surface area contributed by atoms with Gasteiger partial charge in [-0.2, -0.15) is 0 Å². The van der Waals surface area contributed by atoms with Crippen LogP contribution < -0.4 is 14.3 Å². The van der Waals surface area contributed by atoms with Gasteiger partial charge in [0, 0.05) is 11.4 Å². The molecule has 0 aliphatic carbocycles. The van der Waals surface area contributed by atoms with Crippen LogP contribution in [0, 0.1) is 13.8 Å². The quantitative estimate of drug-likeness (QED) is 0.258. The van der Waals surface area contributed by atoms with Gasteiger partial charge in [0.15, 0.2) is 0 Å². The fourth-order valence-corrected chi connectivity index (χ4v) is 6.41. The predicted octanol–water partition coefficient (Wildman–Crippen LogP) is 5.50. The van der Waals surface area contributed by atoms with Crippen molar-refractivity contribution in [1.82, 2.24) is 0 Å². The van der Waals surface area contributed by atoms with Crippen molar-refractivity contribution in [1.29, 1.82) is 0 Å². The minimum Gasteiger partial charge on any atom is -0.325 e. The Kier molecular flexibility index (Phi) is 8.61. The second-order valence-electron chi connectivity index (χ2n) is 9.39. The number of benzene rings is 4. The number of carbonyl (C=O) groups is 1. The van der Waals surface area contributed by atoms with Gasteiger partial charge in [-0.05, 0) is 86.5 Å². The van der Waals surface area contributed by atoms with E-state index in [0.717, 1.165) is 27.4 Å². The van der Waals surface area contributed by atoms with Crippen molar-refractivity contribution in [3.05, 3.63) is 114 Å². The summed E-state index contributed by atoms with van der Waals surface area (Å²) in [5, 5.41) is 2.67. The molecule has 4 aromatic rings. The number of hydrogen-bond acceptors (Lipinski definition) is 5. The zero-order valence-corrected chi connectivity index (χ0v) is 24.1. The van der Waals surface area contributed by atoms with Crippen LogP contribution in [0.1, 0.15) is 23.6 Å². The first-order chi connectivity index (χ1) is 19.0. The van der Waals surface area contributed by atoms with Gasteiger partial charge in [-0.25, -0.2) is 16.8 Å². The van der Waals surface area contributed by atoms with E-state index in [0.29, 0.717) is 17.1 Å². The van der Waals surface area contributed by atoms with E-state index in [-0.39, 0.29) is 9.79 Å². The average Bonchev–Trinajstić information content (AvgIpc) is 2.93. The molecule has 2 N–H and O–H groups in total. The molecular formula is C30H31N3O5S2. The maximum absolute atomic E-state index is 13.6. The summed E-state index contributed by atoms with van der Waals surface area (Å²) in [5.41, 5.74) is 4.07. The maximum atomic E-state index is 13.6. The lowest BCUT2D eigenvalue weighted by atomic mass is 10.1. The lowest BCUT2D eigenvalue weighted by molar-refractivity contribution is -0.114. The van der Waals surface area contributed by atoms with E-state index in [9.17, 15) is 21.6 Å². The average molecular weight is 578 g/mol. The molecule has 0 atom stereocenters. The van der Waals surface area contributed by atoms with Gasteiger partial charge in [0.05, 0.1) is 15.5 Å². The monoisotopic (exact) mass is 577 g/mol. The highest BCUT2D eigenvalue weighted by Gasteiger charge is 2.27. The largest absolute Gasteiger partial charge is 0.325 e. The zero-order chi connectivity index (χ0) is 28.9. The molecule has 208 valence electrons. The Hall–Kier alpha value is -4.15. The third-order valence-electron chi connectivity index (χ3n) is 6.28. The van der Waals surface area contributed by atoms with Crippen LogP contribution in [0.4, 0.5) is 17.1 Å².